The Balaban J connectivity index is 2.05. The fraction of sp³-hybridized carbons (Fsp3) is 0.438. The van der Waals surface area contributed by atoms with Crippen LogP contribution >= 0.6 is 0 Å². The van der Waals surface area contributed by atoms with Crippen LogP contribution < -0.4 is 5.32 Å². The van der Waals surface area contributed by atoms with Gasteiger partial charge in [-0.2, -0.15) is 0 Å². The lowest BCUT2D eigenvalue weighted by Crippen LogP contribution is -2.34. The molecule has 0 spiro atoms. The Kier molecular flexibility index (Phi) is 3.15. The number of aryl methyl sites for hydroxylation is 1. The van der Waals surface area contributed by atoms with Gasteiger partial charge in [0.25, 0.3) is 0 Å². The molecule has 3 rings (SSSR count). The van der Waals surface area contributed by atoms with Crippen molar-refractivity contribution in [2.24, 2.45) is 0 Å². The van der Waals surface area contributed by atoms with Gasteiger partial charge in [0, 0.05) is 28.2 Å². The number of likely N-dealkylation sites (N-methyl/N-ethyl adjacent to an activating group) is 1. The van der Waals surface area contributed by atoms with Gasteiger partial charge in [0.15, 0.2) is 5.78 Å². The molecule has 1 aromatic carbocycles. The first kappa shape index (κ1) is 12.4. The molecule has 19 heavy (non-hydrogen) atoms. The standard InChI is InChI=1S/C16H20N2O/c1-3-17-12-5-7-16-14(9-12)13-8-11(10(2)19)4-6-15(13)18-16/h4,6,8,12,17-18H,3,5,7,9H2,1-2H3. The van der Waals surface area contributed by atoms with Crippen molar-refractivity contribution in [3.8, 4) is 0 Å². The van der Waals surface area contributed by atoms with E-state index in [0.717, 1.165) is 30.5 Å². The molecule has 0 radical (unpaired) electrons. The Morgan fingerprint density at radius 1 is 1.47 bits per heavy atom. The van der Waals surface area contributed by atoms with Crippen molar-refractivity contribution in [2.45, 2.75) is 39.2 Å². The van der Waals surface area contributed by atoms with Crippen LogP contribution in [0.3, 0.4) is 0 Å². The number of nitrogens with one attached hydrogen (secondary N) is 2. The van der Waals surface area contributed by atoms with E-state index in [1.807, 2.05) is 18.2 Å². The Bertz CT molecular complexity index is 627. The van der Waals surface area contributed by atoms with Crippen molar-refractivity contribution in [2.75, 3.05) is 6.54 Å². The first-order valence-corrected chi connectivity index (χ1v) is 7.07. The summed E-state index contributed by atoms with van der Waals surface area (Å²) in [4.78, 5) is 15.0. The Morgan fingerprint density at radius 2 is 2.32 bits per heavy atom. The lowest BCUT2D eigenvalue weighted by molar-refractivity contribution is 0.101. The molecule has 100 valence electrons. The number of benzene rings is 1. The van der Waals surface area contributed by atoms with E-state index in [0.29, 0.717) is 6.04 Å². The summed E-state index contributed by atoms with van der Waals surface area (Å²) in [5.74, 6) is 0.135. The van der Waals surface area contributed by atoms with E-state index < -0.39 is 0 Å². The molecule has 1 aliphatic carbocycles. The molecule has 0 saturated carbocycles. The zero-order valence-electron chi connectivity index (χ0n) is 11.5. The number of Topliss-reactive ketones (excluding diaryl/α,β-unsaturated/α-hetero) is 1. The van der Waals surface area contributed by atoms with E-state index in [9.17, 15) is 4.79 Å². The molecule has 0 amide bonds. The second-order valence-corrected chi connectivity index (χ2v) is 5.40. The zero-order chi connectivity index (χ0) is 13.4. The number of aromatic amines is 1. The molecule has 1 aromatic heterocycles. The quantitative estimate of drug-likeness (QED) is 0.829. The van der Waals surface area contributed by atoms with E-state index in [-0.39, 0.29) is 5.78 Å². The van der Waals surface area contributed by atoms with E-state index in [2.05, 4.69) is 17.2 Å². The van der Waals surface area contributed by atoms with Gasteiger partial charge in [-0.1, -0.05) is 6.92 Å². The third kappa shape index (κ3) is 2.19. The third-order valence-corrected chi connectivity index (χ3v) is 4.09. The van der Waals surface area contributed by atoms with Crippen molar-refractivity contribution in [3.05, 3.63) is 35.0 Å². The van der Waals surface area contributed by atoms with Gasteiger partial charge < -0.3 is 10.3 Å². The van der Waals surface area contributed by atoms with Gasteiger partial charge in [0.05, 0.1) is 0 Å². The number of hydrogen-bond donors (Lipinski definition) is 2. The van der Waals surface area contributed by atoms with Gasteiger partial charge >= 0.3 is 0 Å². The van der Waals surface area contributed by atoms with Crippen molar-refractivity contribution < 1.29 is 4.79 Å². The highest BCUT2D eigenvalue weighted by Crippen LogP contribution is 2.30. The molecule has 3 heteroatoms. The molecular formula is C16H20N2O. The largest absolute Gasteiger partial charge is 0.358 e. The normalized spacial score (nSPS) is 18.5. The predicted octanol–water partition coefficient (Wildman–Crippen LogP) is 2.84. The maximum atomic E-state index is 11.5. The monoisotopic (exact) mass is 256 g/mol. The summed E-state index contributed by atoms with van der Waals surface area (Å²) < 4.78 is 0. The Morgan fingerprint density at radius 3 is 3.05 bits per heavy atom. The maximum Gasteiger partial charge on any atom is 0.159 e. The maximum absolute atomic E-state index is 11.5. The van der Waals surface area contributed by atoms with Gasteiger partial charge in [-0.15, -0.1) is 0 Å². The van der Waals surface area contributed by atoms with Crippen molar-refractivity contribution >= 4 is 16.7 Å². The molecular weight excluding hydrogens is 236 g/mol. The second-order valence-electron chi connectivity index (χ2n) is 5.40. The first-order chi connectivity index (χ1) is 9.19. The molecule has 3 nitrogen and oxygen atoms in total. The zero-order valence-corrected chi connectivity index (χ0v) is 11.5. The molecule has 0 saturated heterocycles. The molecule has 2 N–H and O–H groups in total. The average Bonchev–Trinajstić information content (AvgIpc) is 2.76. The molecule has 1 unspecified atom stereocenters. The summed E-state index contributed by atoms with van der Waals surface area (Å²) >= 11 is 0. The van der Waals surface area contributed by atoms with Crippen molar-refractivity contribution in [1.29, 1.82) is 0 Å². The number of fused-ring (bicyclic) bond motifs is 3. The van der Waals surface area contributed by atoms with Gasteiger partial charge in [0.1, 0.15) is 0 Å². The minimum atomic E-state index is 0.135. The van der Waals surface area contributed by atoms with Crippen molar-refractivity contribution in [1.82, 2.24) is 10.3 Å². The van der Waals surface area contributed by atoms with Crippen LogP contribution in [0.5, 0.6) is 0 Å². The molecule has 1 atom stereocenters. The average molecular weight is 256 g/mol. The minimum absolute atomic E-state index is 0.135. The third-order valence-electron chi connectivity index (χ3n) is 4.09. The van der Waals surface area contributed by atoms with Crippen LogP contribution in [0, 0.1) is 0 Å². The van der Waals surface area contributed by atoms with Crippen molar-refractivity contribution in [3.63, 3.8) is 0 Å². The lowest BCUT2D eigenvalue weighted by atomic mass is 9.91. The predicted molar refractivity (Wildman–Crippen MR) is 77.8 cm³/mol. The van der Waals surface area contributed by atoms with Crippen LogP contribution in [0.4, 0.5) is 0 Å². The Labute approximate surface area is 113 Å². The van der Waals surface area contributed by atoms with Gasteiger partial charge in [-0.05, 0) is 56.5 Å². The summed E-state index contributed by atoms with van der Waals surface area (Å²) in [7, 11) is 0. The number of aromatic nitrogens is 1. The van der Waals surface area contributed by atoms with Crippen LogP contribution in [0.15, 0.2) is 18.2 Å². The molecule has 2 aromatic rings. The summed E-state index contributed by atoms with van der Waals surface area (Å²) in [6, 6.07) is 6.56. The number of H-pyrrole nitrogens is 1. The smallest absolute Gasteiger partial charge is 0.159 e. The first-order valence-electron chi connectivity index (χ1n) is 7.07. The van der Waals surface area contributed by atoms with Gasteiger partial charge in [0.2, 0.25) is 0 Å². The second kappa shape index (κ2) is 4.82. The van der Waals surface area contributed by atoms with E-state index in [4.69, 9.17) is 0 Å². The van der Waals surface area contributed by atoms with Crippen LogP contribution in [0.1, 0.15) is 41.9 Å². The minimum Gasteiger partial charge on any atom is -0.358 e. The van der Waals surface area contributed by atoms with Gasteiger partial charge in [-0.25, -0.2) is 0 Å². The topological polar surface area (TPSA) is 44.9 Å². The molecule has 0 bridgehead atoms. The molecule has 0 aliphatic heterocycles. The van der Waals surface area contributed by atoms with Gasteiger partial charge in [-0.3, -0.25) is 4.79 Å². The molecule has 1 heterocycles. The summed E-state index contributed by atoms with van der Waals surface area (Å²) in [6.07, 6.45) is 3.34. The lowest BCUT2D eigenvalue weighted by Gasteiger charge is -2.23. The highest BCUT2D eigenvalue weighted by molar-refractivity contribution is 5.99. The van der Waals surface area contributed by atoms with E-state index in [1.165, 1.54) is 23.1 Å². The fourth-order valence-electron chi connectivity index (χ4n) is 3.10. The Hall–Kier alpha value is -1.61. The van der Waals surface area contributed by atoms with Crippen LogP contribution in [-0.4, -0.2) is 23.4 Å². The summed E-state index contributed by atoms with van der Waals surface area (Å²) in [5, 5.41) is 4.76. The number of carbonyl (C=O) groups is 1. The number of rotatable bonds is 3. The fourth-order valence-corrected chi connectivity index (χ4v) is 3.10. The molecule has 0 fully saturated rings. The van der Waals surface area contributed by atoms with E-state index in [1.54, 1.807) is 6.92 Å². The SMILES string of the molecule is CCNC1CCc2[nH]c3ccc(C(C)=O)cc3c2C1. The molecule has 1 aliphatic rings. The van der Waals surface area contributed by atoms with E-state index >= 15 is 0 Å². The summed E-state index contributed by atoms with van der Waals surface area (Å²) in [5.41, 5.74) is 4.71. The van der Waals surface area contributed by atoms with Crippen LogP contribution in [-0.2, 0) is 12.8 Å². The number of carbonyl (C=O) groups excluding carboxylic acids is 1. The van der Waals surface area contributed by atoms with Crippen LogP contribution in [0.2, 0.25) is 0 Å². The van der Waals surface area contributed by atoms with Crippen LogP contribution in [0.25, 0.3) is 10.9 Å². The number of ketones is 1. The highest BCUT2D eigenvalue weighted by Gasteiger charge is 2.22. The number of hydrogen-bond acceptors (Lipinski definition) is 2. The summed E-state index contributed by atoms with van der Waals surface area (Å²) in [6.45, 7) is 4.79. The highest BCUT2D eigenvalue weighted by atomic mass is 16.1.